The van der Waals surface area contributed by atoms with Crippen LogP contribution in [0.25, 0.3) is 0 Å². The van der Waals surface area contributed by atoms with Gasteiger partial charge in [0.05, 0.1) is 0 Å². The van der Waals surface area contributed by atoms with Crippen LogP contribution in [0.4, 0.5) is 8.78 Å². The van der Waals surface area contributed by atoms with Crippen molar-refractivity contribution in [2.75, 3.05) is 6.54 Å². The van der Waals surface area contributed by atoms with Gasteiger partial charge in [-0.15, -0.1) is 11.3 Å². The quantitative estimate of drug-likeness (QED) is 0.872. The van der Waals surface area contributed by atoms with Crippen molar-refractivity contribution in [2.45, 2.75) is 25.9 Å². The number of hydrogen-bond acceptors (Lipinski definition) is 3. The Kier molecular flexibility index (Phi) is 3.52. The zero-order valence-corrected chi connectivity index (χ0v) is 11.4. The molecule has 0 bridgehead atoms. The molecule has 1 aliphatic rings. The molecule has 0 unspecified atom stereocenters. The smallest absolute Gasteiger partial charge is 0.274 e. The van der Waals surface area contributed by atoms with Gasteiger partial charge in [-0.2, -0.15) is 5.10 Å². The van der Waals surface area contributed by atoms with Crippen molar-refractivity contribution < 1.29 is 13.6 Å². The predicted octanol–water partition coefficient (Wildman–Crippen LogP) is 2.41. The summed E-state index contributed by atoms with van der Waals surface area (Å²) in [6.45, 7) is 0.732. The average molecular weight is 297 g/mol. The van der Waals surface area contributed by atoms with Gasteiger partial charge in [0.15, 0.2) is 0 Å². The van der Waals surface area contributed by atoms with Crippen LogP contribution in [0.3, 0.4) is 0 Å². The molecule has 0 saturated carbocycles. The van der Waals surface area contributed by atoms with E-state index in [0.29, 0.717) is 13.1 Å². The van der Waals surface area contributed by atoms with E-state index >= 15 is 0 Å². The summed E-state index contributed by atoms with van der Waals surface area (Å²) in [6.07, 6.45) is -0.211. The Balaban J connectivity index is 1.72. The fourth-order valence-electron chi connectivity index (χ4n) is 2.30. The number of amides is 1. The maximum Gasteiger partial charge on any atom is 0.274 e. The van der Waals surface area contributed by atoms with Crippen molar-refractivity contribution in [1.82, 2.24) is 14.7 Å². The van der Waals surface area contributed by atoms with E-state index < -0.39 is 13.0 Å². The third-order valence-corrected chi connectivity index (χ3v) is 4.30. The molecule has 1 amide bonds. The molecule has 106 valence electrons. The van der Waals surface area contributed by atoms with Gasteiger partial charge in [0.2, 0.25) is 0 Å². The SMILES string of the molecule is O=C(c1ccn(CC(F)F)n1)N1CCc2sccc2C1. The highest BCUT2D eigenvalue weighted by Crippen LogP contribution is 2.24. The Morgan fingerprint density at radius 3 is 3.10 bits per heavy atom. The number of aromatic nitrogens is 2. The van der Waals surface area contributed by atoms with Crippen LogP contribution in [-0.2, 0) is 19.5 Å². The monoisotopic (exact) mass is 297 g/mol. The third kappa shape index (κ3) is 2.58. The van der Waals surface area contributed by atoms with E-state index in [-0.39, 0.29) is 11.6 Å². The Labute approximate surface area is 118 Å². The van der Waals surface area contributed by atoms with E-state index in [1.165, 1.54) is 22.7 Å². The molecule has 20 heavy (non-hydrogen) atoms. The number of nitrogens with zero attached hydrogens (tertiary/aromatic N) is 3. The lowest BCUT2D eigenvalue weighted by Crippen LogP contribution is -2.35. The van der Waals surface area contributed by atoms with Crippen molar-refractivity contribution in [3.63, 3.8) is 0 Å². The first-order chi connectivity index (χ1) is 9.63. The summed E-state index contributed by atoms with van der Waals surface area (Å²) in [5, 5.41) is 5.94. The Bertz CT molecular complexity index is 623. The number of fused-ring (bicyclic) bond motifs is 1. The minimum Gasteiger partial charge on any atom is -0.333 e. The molecular weight excluding hydrogens is 284 g/mol. The van der Waals surface area contributed by atoms with Crippen LogP contribution in [0, 0.1) is 0 Å². The van der Waals surface area contributed by atoms with Crippen molar-refractivity contribution >= 4 is 17.2 Å². The van der Waals surface area contributed by atoms with E-state index in [0.717, 1.165) is 11.1 Å². The van der Waals surface area contributed by atoms with E-state index in [1.54, 1.807) is 16.2 Å². The maximum absolute atomic E-state index is 12.3. The van der Waals surface area contributed by atoms with Crippen LogP contribution in [-0.4, -0.2) is 33.6 Å². The molecule has 7 heteroatoms. The zero-order chi connectivity index (χ0) is 14.1. The molecule has 0 aromatic carbocycles. The number of carbonyl (C=O) groups excluding carboxylic acids is 1. The molecular formula is C13H13F2N3OS. The topological polar surface area (TPSA) is 38.1 Å². The summed E-state index contributed by atoms with van der Waals surface area (Å²) < 4.78 is 25.6. The number of hydrogen-bond donors (Lipinski definition) is 0. The van der Waals surface area contributed by atoms with Gasteiger partial charge in [-0.05, 0) is 29.5 Å². The first-order valence-electron chi connectivity index (χ1n) is 6.29. The molecule has 4 nitrogen and oxygen atoms in total. The standard InChI is InChI=1S/C13H13F2N3OS/c14-12(15)8-18-5-1-10(16-18)13(19)17-4-2-11-9(7-17)3-6-20-11/h1,3,5-6,12H,2,4,7-8H2. The van der Waals surface area contributed by atoms with Crippen LogP contribution in [0.5, 0.6) is 0 Å². The Hall–Kier alpha value is -1.76. The van der Waals surface area contributed by atoms with Gasteiger partial charge >= 0.3 is 0 Å². The van der Waals surface area contributed by atoms with Gasteiger partial charge in [0.1, 0.15) is 12.2 Å². The third-order valence-electron chi connectivity index (χ3n) is 3.28. The van der Waals surface area contributed by atoms with Crippen molar-refractivity contribution in [3.05, 3.63) is 39.8 Å². The Morgan fingerprint density at radius 2 is 2.30 bits per heavy atom. The molecule has 0 aliphatic carbocycles. The number of carbonyl (C=O) groups is 1. The van der Waals surface area contributed by atoms with E-state index in [4.69, 9.17) is 0 Å². The molecule has 1 aliphatic heterocycles. The van der Waals surface area contributed by atoms with Gasteiger partial charge in [-0.25, -0.2) is 8.78 Å². The van der Waals surface area contributed by atoms with E-state index in [2.05, 4.69) is 5.10 Å². The number of rotatable bonds is 3. The summed E-state index contributed by atoms with van der Waals surface area (Å²) in [6, 6.07) is 3.52. The van der Waals surface area contributed by atoms with Crippen molar-refractivity contribution in [1.29, 1.82) is 0 Å². The summed E-state index contributed by atoms with van der Waals surface area (Å²) >= 11 is 1.70. The van der Waals surface area contributed by atoms with E-state index in [9.17, 15) is 13.6 Å². The van der Waals surface area contributed by atoms with Crippen molar-refractivity contribution in [3.8, 4) is 0 Å². The zero-order valence-electron chi connectivity index (χ0n) is 10.6. The molecule has 0 atom stereocenters. The minimum absolute atomic E-state index is 0.199. The number of alkyl halides is 2. The largest absolute Gasteiger partial charge is 0.333 e. The number of halogens is 2. The van der Waals surface area contributed by atoms with Gasteiger partial charge in [0.25, 0.3) is 12.3 Å². The highest BCUT2D eigenvalue weighted by molar-refractivity contribution is 7.10. The summed E-state index contributed by atoms with van der Waals surface area (Å²) in [4.78, 5) is 15.3. The molecule has 2 aromatic heterocycles. The summed E-state index contributed by atoms with van der Waals surface area (Å²) in [5.74, 6) is -0.199. The maximum atomic E-state index is 12.3. The molecule has 0 spiro atoms. The first-order valence-corrected chi connectivity index (χ1v) is 7.17. The van der Waals surface area contributed by atoms with Gasteiger partial charge in [-0.1, -0.05) is 0 Å². The van der Waals surface area contributed by atoms with Crippen LogP contribution in [0.1, 0.15) is 20.9 Å². The molecule has 0 radical (unpaired) electrons. The minimum atomic E-state index is -2.47. The van der Waals surface area contributed by atoms with Crippen LogP contribution < -0.4 is 0 Å². The average Bonchev–Trinajstić information content (AvgIpc) is 3.04. The van der Waals surface area contributed by atoms with Crippen LogP contribution in [0.15, 0.2) is 23.7 Å². The lowest BCUT2D eigenvalue weighted by atomic mass is 10.1. The van der Waals surface area contributed by atoms with Gasteiger partial charge in [-0.3, -0.25) is 9.48 Å². The molecule has 0 N–H and O–H groups in total. The summed E-state index contributed by atoms with van der Waals surface area (Å²) in [5.41, 5.74) is 1.39. The molecule has 3 heterocycles. The highest BCUT2D eigenvalue weighted by Gasteiger charge is 2.24. The first kappa shape index (κ1) is 13.2. The van der Waals surface area contributed by atoms with Crippen LogP contribution >= 0.6 is 11.3 Å². The van der Waals surface area contributed by atoms with Crippen LogP contribution in [0.2, 0.25) is 0 Å². The molecule has 0 saturated heterocycles. The number of thiophene rings is 1. The summed E-state index contributed by atoms with van der Waals surface area (Å²) in [7, 11) is 0. The molecule has 3 rings (SSSR count). The highest BCUT2D eigenvalue weighted by atomic mass is 32.1. The van der Waals surface area contributed by atoms with E-state index in [1.807, 2.05) is 11.4 Å². The second-order valence-electron chi connectivity index (χ2n) is 4.66. The van der Waals surface area contributed by atoms with Gasteiger partial charge in [0, 0.05) is 24.2 Å². The Morgan fingerprint density at radius 1 is 1.45 bits per heavy atom. The van der Waals surface area contributed by atoms with Crippen molar-refractivity contribution in [2.24, 2.45) is 0 Å². The van der Waals surface area contributed by atoms with Gasteiger partial charge < -0.3 is 4.90 Å². The lowest BCUT2D eigenvalue weighted by Gasteiger charge is -2.26. The second kappa shape index (κ2) is 5.32. The fraction of sp³-hybridized carbons (Fsp3) is 0.385. The second-order valence-corrected chi connectivity index (χ2v) is 5.66. The molecule has 0 fully saturated rings. The predicted molar refractivity (Wildman–Crippen MR) is 71.0 cm³/mol. The molecule has 2 aromatic rings. The lowest BCUT2D eigenvalue weighted by molar-refractivity contribution is 0.0726. The fourth-order valence-corrected chi connectivity index (χ4v) is 3.19. The normalized spacial score (nSPS) is 14.7.